The summed E-state index contributed by atoms with van der Waals surface area (Å²) in [6.45, 7) is 3.81. The van der Waals surface area contributed by atoms with Crippen molar-refractivity contribution < 1.29 is 23.5 Å². The SMILES string of the molecule is O=C1C(=O)N(CCN2CCOCC2)C(c2cccc(Br)c2)C1C(=O)c1cc2ccccc2o1. The topological polar surface area (TPSA) is 80.1 Å². The number of rotatable bonds is 6. The number of Topliss-reactive ketones (excluding diaryl/α,β-unsaturated/α-hetero) is 2. The highest BCUT2D eigenvalue weighted by molar-refractivity contribution is 9.10. The summed E-state index contributed by atoms with van der Waals surface area (Å²) in [4.78, 5) is 43.6. The summed E-state index contributed by atoms with van der Waals surface area (Å²) in [5, 5.41) is 0.779. The van der Waals surface area contributed by atoms with Crippen LogP contribution in [-0.2, 0) is 14.3 Å². The average molecular weight is 511 g/mol. The molecular weight excluding hydrogens is 488 g/mol. The van der Waals surface area contributed by atoms with Gasteiger partial charge in [-0.15, -0.1) is 0 Å². The van der Waals surface area contributed by atoms with E-state index in [4.69, 9.17) is 9.15 Å². The molecule has 2 fully saturated rings. The van der Waals surface area contributed by atoms with E-state index in [1.54, 1.807) is 17.0 Å². The van der Waals surface area contributed by atoms with Crippen LogP contribution in [0.4, 0.5) is 0 Å². The molecule has 3 heterocycles. The summed E-state index contributed by atoms with van der Waals surface area (Å²) < 4.78 is 12.0. The molecule has 5 rings (SSSR count). The Bertz CT molecular complexity index is 1180. The smallest absolute Gasteiger partial charge is 0.291 e. The van der Waals surface area contributed by atoms with Crippen molar-refractivity contribution >= 4 is 44.4 Å². The molecule has 2 saturated heterocycles. The van der Waals surface area contributed by atoms with Crippen molar-refractivity contribution in [2.75, 3.05) is 39.4 Å². The highest BCUT2D eigenvalue weighted by Gasteiger charge is 2.52. The standard InChI is InChI=1S/C25H23BrN2O5/c26-18-6-3-5-17(14-18)22-21(23(29)20-15-16-4-1-2-7-19(16)33-20)24(30)25(31)28(22)9-8-27-10-12-32-13-11-27/h1-7,14-15,21-22H,8-13H2. The van der Waals surface area contributed by atoms with Gasteiger partial charge in [-0.3, -0.25) is 19.3 Å². The van der Waals surface area contributed by atoms with Crippen LogP contribution >= 0.6 is 15.9 Å². The monoisotopic (exact) mass is 510 g/mol. The number of fused-ring (bicyclic) bond motifs is 1. The highest BCUT2D eigenvalue weighted by Crippen LogP contribution is 2.39. The second-order valence-corrected chi connectivity index (χ2v) is 9.22. The molecule has 2 aliphatic rings. The number of likely N-dealkylation sites (tertiary alicyclic amines) is 1. The molecular formula is C25H23BrN2O5. The van der Waals surface area contributed by atoms with Gasteiger partial charge in [-0.1, -0.05) is 46.3 Å². The molecule has 0 N–H and O–H groups in total. The molecule has 2 unspecified atom stereocenters. The Labute approximate surface area is 199 Å². The molecule has 0 saturated carbocycles. The minimum atomic E-state index is -1.16. The molecule has 0 aliphatic carbocycles. The number of nitrogens with zero attached hydrogens (tertiary/aromatic N) is 2. The Balaban J connectivity index is 1.49. The van der Waals surface area contributed by atoms with E-state index in [0.29, 0.717) is 31.9 Å². The Morgan fingerprint density at radius 3 is 2.55 bits per heavy atom. The predicted molar refractivity (Wildman–Crippen MR) is 125 cm³/mol. The number of furan rings is 1. The fourth-order valence-corrected chi connectivity index (χ4v) is 5.04. The normalized spacial score (nSPS) is 21.8. The molecule has 1 aromatic heterocycles. The van der Waals surface area contributed by atoms with E-state index in [0.717, 1.165) is 28.5 Å². The fraction of sp³-hybridized carbons (Fsp3) is 0.320. The quantitative estimate of drug-likeness (QED) is 0.287. The van der Waals surface area contributed by atoms with Crippen LogP contribution in [0.15, 0.2) is 63.5 Å². The maximum atomic E-state index is 13.6. The number of benzene rings is 2. The molecule has 2 aromatic carbocycles. The van der Waals surface area contributed by atoms with Gasteiger partial charge in [-0.25, -0.2) is 0 Å². The average Bonchev–Trinajstić information content (AvgIpc) is 3.37. The van der Waals surface area contributed by atoms with E-state index < -0.39 is 29.4 Å². The van der Waals surface area contributed by atoms with Crippen LogP contribution < -0.4 is 0 Å². The Kier molecular flexibility index (Phi) is 6.14. The van der Waals surface area contributed by atoms with Gasteiger partial charge >= 0.3 is 0 Å². The van der Waals surface area contributed by atoms with Crippen molar-refractivity contribution in [3.05, 3.63) is 70.4 Å². The molecule has 2 atom stereocenters. The van der Waals surface area contributed by atoms with Crippen LogP contribution in [0.2, 0.25) is 0 Å². The molecule has 0 radical (unpaired) electrons. The number of halogens is 1. The van der Waals surface area contributed by atoms with Crippen molar-refractivity contribution in [1.29, 1.82) is 0 Å². The molecule has 8 heteroatoms. The zero-order valence-electron chi connectivity index (χ0n) is 17.9. The van der Waals surface area contributed by atoms with Crippen LogP contribution in [0.1, 0.15) is 22.2 Å². The third kappa shape index (κ3) is 4.26. The first-order valence-electron chi connectivity index (χ1n) is 11.0. The Morgan fingerprint density at radius 1 is 1.00 bits per heavy atom. The zero-order valence-corrected chi connectivity index (χ0v) is 19.5. The lowest BCUT2D eigenvalue weighted by atomic mass is 9.88. The lowest BCUT2D eigenvalue weighted by molar-refractivity contribution is -0.141. The first-order chi connectivity index (χ1) is 16.0. The number of hydrogen-bond donors (Lipinski definition) is 0. The predicted octanol–water partition coefficient (Wildman–Crippen LogP) is 3.48. The molecule has 1 amide bonds. The minimum absolute atomic E-state index is 0.0948. The fourth-order valence-electron chi connectivity index (χ4n) is 4.62. The van der Waals surface area contributed by atoms with Gasteiger partial charge in [0.15, 0.2) is 5.76 Å². The molecule has 7 nitrogen and oxygen atoms in total. The van der Waals surface area contributed by atoms with Gasteiger partial charge in [-0.2, -0.15) is 0 Å². The molecule has 33 heavy (non-hydrogen) atoms. The third-order valence-corrected chi connectivity index (χ3v) is 6.80. The largest absolute Gasteiger partial charge is 0.453 e. The van der Waals surface area contributed by atoms with Crippen LogP contribution in [-0.4, -0.2) is 66.7 Å². The minimum Gasteiger partial charge on any atom is -0.453 e. The van der Waals surface area contributed by atoms with E-state index in [-0.39, 0.29) is 5.76 Å². The highest BCUT2D eigenvalue weighted by atomic mass is 79.9. The zero-order chi connectivity index (χ0) is 22.9. The van der Waals surface area contributed by atoms with Gasteiger partial charge < -0.3 is 14.1 Å². The van der Waals surface area contributed by atoms with Gasteiger partial charge in [0.05, 0.1) is 19.3 Å². The summed E-state index contributed by atoms with van der Waals surface area (Å²) in [5.74, 6) is -2.84. The van der Waals surface area contributed by atoms with E-state index in [1.807, 2.05) is 42.5 Å². The van der Waals surface area contributed by atoms with Crippen LogP contribution in [0.25, 0.3) is 11.0 Å². The molecule has 3 aromatic rings. The van der Waals surface area contributed by atoms with Crippen molar-refractivity contribution in [2.45, 2.75) is 6.04 Å². The second kappa shape index (κ2) is 9.21. The van der Waals surface area contributed by atoms with Crippen molar-refractivity contribution in [3.8, 4) is 0 Å². The summed E-state index contributed by atoms with van der Waals surface area (Å²) in [6, 6.07) is 15.7. The van der Waals surface area contributed by atoms with Crippen molar-refractivity contribution in [1.82, 2.24) is 9.80 Å². The number of para-hydroxylation sites is 1. The third-order valence-electron chi connectivity index (χ3n) is 6.31. The van der Waals surface area contributed by atoms with Gasteiger partial charge in [0.25, 0.3) is 5.91 Å². The van der Waals surface area contributed by atoms with Crippen LogP contribution in [0, 0.1) is 5.92 Å². The van der Waals surface area contributed by atoms with Crippen molar-refractivity contribution in [3.63, 3.8) is 0 Å². The number of carbonyl (C=O) groups excluding carboxylic acids is 3. The maximum absolute atomic E-state index is 13.6. The van der Waals surface area contributed by atoms with Crippen molar-refractivity contribution in [2.24, 2.45) is 5.92 Å². The summed E-state index contributed by atoms with van der Waals surface area (Å²) in [7, 11) is 0. The number of hydrogen-bond acceptors (Lipinski definition) is 6. The molecule has 0 spiro atoms. The number of morpholine rings is 1. The summed E-state index contributed by atoms with van der Waals surface area (Å²) >= 11 is 3.47. The van der Waals surface area contributed by atoms with E-state index in [1.165, 1.54) is 0 Å². The first-order valence-corrected chi connectivity index (χ1v) is 11.8. The van der Waals surface area contributed by atoms with E-state index in [2.05, 4.69) is 20.8 Å². The van der Waals surface area contributed by atoms with Crippen LogP contribution in [0.5, 0.6) is 0 Å². The Morgan fingerprint density at radius 2 is 1.79 bits per heavy atom. The van der Waals surface area contributed by atoms with Gasteiger partial charge in [-0.05, 0) is 29.8 Å². The first kappa shape index (κ1) is 22.0. The number of ether oxygens (including phenoxy) is 1. The second-order valence-electron chi connectivity index (χ2n) is 8.31. The van der Waals surface area contributed by atoms with Gasteiger partial charge in [0, 0.05) is 36.0 Å². The molecule has 0 bridgehead atoms. The summed E-state index contributed by atoms with van der Waals surface area (Å²) in [5.41, 5.74) is 1.31. The van der Waals surface area contributed by atoms with Crippen LogP contribution in [0.3, 0.4) is 0 Å². The molecule has 2 aliphatic heterocycles. The maximum Gasteiger partial charge on any atom is 0.291 e. The van der Waals surface area contributed by atoms with E-state index in [9.17, 15) is 14.4 Å². The Hall–Kier alpha value is -2.81. The summed E-state index contributed by atoms with van der Waals surface area (Å²) in [6.07, 6.45) is 0. The molecule has 170 valence electrons. The van der Waals surface area contributed by atoms with E-state index >= 15 is 0 Å². The van der Waals surface area contributed by atoms with Gasteiger partial charge in [0.1, 0.15) is 11.5 Å². The number of carbonyl (C=O) groups is 3. The lowest BCUT2D eigenvalue weighted by Crippen LogP contribution is -2.42. The number of amides is 1. The lowest BCUT2D eigenvalue weighted by Gasteiger charge is -2.31. The van der Waals surface area contributed by atoms with Gasteiger partial charge in [0.2, 0.25) is 11.6 Å². The number of ketones is 2.